The van der Waals surface area contributed by atoms with Gasteiger partial charge in [-0.15, -0.1) is 5.73 Å². The number of aryl methyl sites for hydroxylation is 1. The molecule has 0 N–H and O–H groups in total. The Morgan fingerprint density at radius 2 is 1.44 bits per heavy atom. The third-order valence-electron chi connectivity index (χ3n) is 3.28. The van der Waals surface area contributed by atoms with Crippen LogP contribution in [0.5, 0.6) is 0 Å². The van der Waals surface area contributed by atoms with Crippen molar-refractivity contribution < 1.29 is 0 Å². The monoisotopic (exact) mass is 234 g/mol. The highest BCUT2D eigenvalue weighted by Gasteiger charge is 2.07. The number of hydrogen-bond donors (Lipinski definition) is 0. The summed E-state index contributed by atoms with van der Waals surface area (Å²) < 4.78 is 0. The first-order valence-electron chi connectivity index (χ1n) is 6.23. The normalized spacial score (nSPS) is 11.7. The zero-order chi connectivity index (χ0) is 13.0. The lowest BCUT2D eigenvalue weighted by Crippen LogP contribution is -1.95. The molecule has 1 unspecified atom stereocenters. The predicted molar refractivity (Wildman–Crippen MR) is 78.7 cm³/mol. The van der Waals surface area contributed by atoms with E-state index in [4.69, 9.17) is 0 Å². The average Bonchev–Trinajstić information content (AvgIpc) is 2.40. The molecule has 0 fully saturated rings. The summed E-state index contributed by atoms with van der Waals surface area (Å²) in [5.74, 6) is 0.423. The lowest BCUT2D eigenvalue weighted by molar-refractivity contribution is 0.921. The first-order chi connectivity index (χ1) is 8.70. The van der Waals surface area contributed by atoms with E-state index in [1.54, 1.807) is 0 Å². The maximum absolute atomic E-state index is 3.59. The molecule has 18 heavy (non-hydrogen) atoms. The summed E-state index contributed by atoms with van der Waals surface area (Å²) in [5.41, 5.74) is 7.93. The molecule has 0 heteroatoms. The molecule has 2 rings (SSSR count). The zero-order valence-corrected chi connectivity index (χ0v) is 11.0. The van der Waals surface area contributed by atoms with Gasteiger partial charge in [0.25, 0.3) is 0 Å². The van der Waals surface area contributed by atoms with Crippen LogP contribution in [0.2, 0.25) is 0 Å². The summed E-state index contributed by atoms with van der Waals surface area (Å²) in [6.45, 7) is 7.94. The maximum Gasteiger partial charge on any atom is 0.00610 e. The lowest BCUT2D eigenvalue weighted by Gasteiger charge is -2.13. The van der Waals surface area contributed by atoms with E-state index in [1.165, 1.54) is 16.7 Å². The smallest absolute Gasteiger partial charge is 0.00610 e. The van der Waals surface area contributed by atoms with Crippen LogP contribution in [-0.2, 0) is 0 Å². The molecule has 0 saturated carbocycles. The van der Waals surface area contributed by atoms with Gasteiger partial charge in [-0.05, 0) is 29.7 Å². The summed E-state index contributed by atoms with van der Waals surface area (Å²) in [7, 11) is 0. The van der Waals surface area contributed by atoms with E-state index in [0.29, 0.717) is 5.92 Å². The average molecular weight is 234 g/mol. The van der Waals surface area contributed by atoms with Crippen LogP contribution in [-0.4, -0.2) is 0 Å². The molecule has 0 aromatic heterocycles. The molecular weight excluding hydrogens is 216 g/mol. The molecule has 1 atom stereocenters. The van der Waals surface area contributed by atoms with E-state index in [1.807, 2.05) is 6.08 Å². The summed E-state index contributed by atoms with van der Waals surface area (Å²) in [6.07, 6.45) is 1.89. The molecule has 0 aliphatic carbocycles. The van der Waals surface area contributed by atoms with Gasteiger partial charge in [0.1, 0.15) is 0 Å². The first kappa shape index (κ1) is 12.4. The third kappa shape index (κ3) is 2.80. The molecule has 0 amide bonds. The molecule has 0 nitrogen and oxygen atoms in total. The van der Waals surface area contributed by atoms with E-state index in [-0.39, 0.29) is 0 Å². The highest BCUT2D eigenvalue weighted by molar-refractivity contribution is 5.49. The van der Waals surface area contributed by atoms with Crippen molar-refractivity contribution in [1.29, 1.82) is 0 Å². The Morgan fingerprint density at radius 1 is 0.944 bits per heavy atom. The number of rotatable bonds is 3. The molecule has 0 bridgehead atoms. The van der Waals surface area contributed by atoms with E-state index in [0.717, 1.165) is 5.56 Å². The van der Waals surface area contributed by atoms with Gasteiger partial charge >= 0.3 is 0 Å². The third-order valence-corrected chi connectivity index (χ3v) is 3.28. The fourth-order valence-electron chi connectivity index (χ4n) is 2.05. The van der Waals surface area contributed by atoms with Crippen LogP contribution in [0.4, 0.5) is 0 Å². The van der Waals surface area contributed by atoms with Crippen molar-refractivity contribution in [3.05, 3.63) is 83.1 Å². The van der Waals surface area contributed by atoms with E-state index >= 15 is 0 Å². The fraction of sp³-hybridized carbons (Fsp3) is 0.167. The van der Waals surface area contributed by atoms with Gasteiger partial charge < -0.3 is 0 Å². The van der Waals surface area contributed by atoms with Gasteiger partial charge in [0.2, 0.25) is 0 Å². The zero-order valence-electron chi connectivity index (χ0n) is 11.0. The van der Waals surface area contributed by atoms with Crippen molar-refractivity contribution >= 4 is 6.08 Å². The predicted octanol–water partition coefficient (Wildman–Crippen LogP) is 4.94. The van der Waals surface area contributed by atoms with E-state index in [2.05, 4.69) is 74.7 Å². The van der Waals surface area contributed by atoms with Crippen LogP contribution in [0.15, 0.2) is 60.8 Å². The van der Waals surface area contributed by atoms with Gasteiger partial charge in [0.15, 0.2) is 0 Å². The molecule has 0 heterocycles. The second kappa shape index (κ2) is 5.53. The quantitative estimate of drug-likeness (QED) is 0.659. The van der Waals surface area contributed by atoms with Gasteiger partial charge in [-0.2, -0.15) is 0 Å². The van der Waals surface area contributed by atoms with Crippen molar-refractivity contribution in [3.8, 4) is 0 Å². The van der Waals surface area contributed by atoms with Crippen LogP contribution in [0.3, 0.4) is 0 Å². The second-order valence-electron chi connectivity index (χ2n) is 4.65. The largest absolute Gasteiger partial charge is 0.128 e. The maximum atomic E-state index is 3.59. The summed E-state index contributed by atoms with van der Waals surface area (Å²) >= 11 is 0. The highest BCUT2D eigenvalue weighted by atomic mass is 14.1. The standard InChI is InChI=1S/C18H18/c1-4-5-16-8-12-18(13-9-16)15(3)17-10-6-14(2)7-11-17/h5-13,15H,1H2,2-3H3. The Labute approximate surface area is 109 Å². The van der Waals surface area contributed by atoms with Gasteiger partial charge in [0.05, 0.1) is 0 Å². The van der Waals surface area contributed by atoms with Crippen molar-refractivity contribution in [2.24, 2.45) is 0 Å². The summed E-state index contributed by atoms with van der Waals surface area (Å²) in [4.78, 5) is 0. The highest BCUT2D eigenvalue weighted by Crippen LogP contribution is 2.24. The van der Waals surface area contributed by atoms with Crippen LogP contribution >= 0.6 is 0 Å². The summed E-state index contributed by atoms with van der Waals surface area (Å²) in [5, 5.41) is 0. The van der Waals surface area contributed by atoms with Gasteiger partial charge in [-0.25, -0.2) is 0 Å². The van der Waals surface area contributed by atoms with Crippen molar-refractivity contribution in [3.63, 3.8) is 0 Å². The molecular formula is C18H18. The van der Waals surface area contributed by atoms with Crippen molar-refractivity contribution in [2.45, 2.75) is 19.8 Å². The molecule has 0 radical (unpaired) electrons. The molecule has 2 aromatic rings. The molecule has 0 aliphatic rings. The van der Waals surface area contributed by atoms with Crippen LogP contribution < -0.4 is 0 Å². The van der Waals surface area contributed by atoms with Crippen molar-refractivity contribution in [1.82, 2.24) is 0 Å². The minimum atomic E-state index is 0.423. The van der Waals surface area contributed by atoms with Crippen LogP contribution in [0, 0.1) is 6.92 Å². The second-order valence-corrected chi connectivity index (χ2v) is 4.65. The van der Waals surface area contributed by atoms with Gasteiger partial charge in [-0.3, -0.25) is 0 Å². The fourth-order valence-corrected chi connectivity index (χ4v) is 2.05. The van der Waals surface area contributed by atoms with Crippen LogP contribution in [0.25, 0.3) is 6.08 Å². The Bertz CT molecular complexity index is 552. The minimum absolute atomic E-state index is 0.423. The van der Waals surface area contributed by atoms with E-state index < -0.39 is 0 Å². The Kier molecular flexibility index (Phi) is 3.82. The minimum Gasteiger partial charge on any atom is -0.128 e. The van der Waals surface area contributed by atoms with E-state index in [9.17, 15) is 0 Å². The Morgan fingerprint density at radius 3 is 1.94 bits per heavy atom. The molecule has 0 spiro atoms. The molecule has 0 saturated heterocycles. The number of benzene rings is 2. The molecule has 2 aromatic carbocycles. The Hall–Kier alpha value is -2.04. The molecule has 90 valence electrons. The Balaban J connectivity index is 2.25. The number of hydrogen-bond acceptors (Lipinski definition) is 0. The van der Waals surface area contributed by atoms with Crippen LogP contribution in [0.1, 0.15) is 35.1 Å². The first-order valence-corrected chi connectivity index (χ1v) is 6.23. The lowest BCUT2D eigenvalue weighted by atomic mass is 9.92. The van der Waals surface area contributed by atoms with Gasteiger partial charge in [0, 0.05) is 5.92 Å². The van der Waals surface area contributed by atoms with Crippen molar-refractivity contribution in [2.75, 3.05) is 0 Å². The van der Waals surface area contributed by atoms with Gasteiger partial charge in [-0.1, -0.05) is 67.6 Å². The molecule has 0 aliphatic heterocycles. The topological polar surface area (TPSA) is 0 Å². The summed E-state index contributed by atoms with van der Waals surface area (Å²) in [6, 6.07) is 17.3. The SMILES string of the molecule is C=C=Cc1ccc(C(C)c2ccc(C)cc2)cc1.